The molecule has 2 saturated heterocycles. The first-order valence-corrected chi connectivity index (χ1v) is 34.3. The molecule has 12 atom stereocenters. The molecule has 542 valence electrons. The molecule has 36 heteroatoms. The summed E-state index contributed by atoms with van der Waals surface area (Å²) in [6.07, 6.45) is -0.820. The van der Waals surface area contributed by atoms with E-state index in [0.717, 1.165) is 10.8 Å². The maximum atomic E-state index is 14.3. The first-order chi connectivity index (χ1) is 47.9. The van der Waals surface area contributed by atoms with Gasteiger partial charge in [-0.05, 0) is 75.6 Å². The minimum Gasteiger partial charge on any atom is -0.476 e. The highest BCUT2D eigenvalue weighted by atomic mass is 31.2. The van der Waals surface area contributed by atoms with E-state index in [4.69, 9.17) is 47.5 Å². The molecule has 0 bridgehead atoms. The number of esters is 2. The number of benzene rings is 4. The Bertz CT molecular complexity index is 4410. The van der Waals surface area contributed by atoms with E-state index < -0.39 is 126 Å². The minimum atomic E-state index is -4.60. The fourth-order valence-electron chi connectivity index (χ4n) is 10.3. The minimum absolute atomic E-state index is 0.0876. The lowest BCUT2D eigenvalue weighted by molar-refractivity contribution is -0.153. The molecule has 2 fully saturated rings. The van der Waals surface area contributed by atoms with Crippen LogP contribution in [0.25, 0.3) is 43.9 Å². The van der Waals surface area contributed by atoms with Gasteiger partial charge in [0, 0.05) is 17.8 Å². The monoisotopic (exact) mass is 1450 g/mol. The summed E-state index contributed by atoms with van der Waals surface area (Å²) in [7, 11) is -7.60. The molecule has 0 amide bonds. The maximum absolute atomic E-state index is 14.3. The van der Waals surface area contributed by atoms with Crippen molar-refractivity contribution in [2.24, 2.45) is 0 Å². The van der Waals surface area contributed by atoms with Gasteiger partial charge >= 0.3 is 27.4 Å². The molecule has 4 aromatic carbocycles. The van der Waals surface area contributed by atoms with Gasteiger partial charge in [0.15, 0.2) is 48.0 Å². The van der Waals surface area contributed by atoms with Gasteiger partial charge in [0.25, 0.3) is 11.8 Å². The van der Waals surface area contributed by atoms with Gasteiger partial charge in [0.2, 0.25) is 23.7 Å². The Kier molecular flexibility index (Phi) is 24.0. The number of ether oxygens (including phenoxy) is 6. The molecule has 101 heavy (non-hydrogen) atoms. The van der Waals surface area contributed by atoms with E-state index in [1.807, 2.05) is 0 Å². The number of carbonyl (C=O) groups excluding carboxylic acids is 2. The molecular weight excluding hydrogens is 1370 g/mol. The van der Waals surface area contributed by atoms with Crippen LogP contribution in [0.1, 0.15) is 53.0 Å². The summed E-state index contributed by atoms with van der Waals surface area (Å²) in [5.41, 5.74) is 2.76. The van der Waals surface area contributed by atoms with Crippen molar-refractivity contribution in [1.29, 1.82) is 0 Å². The summed E-state index contributed by atoms with van der Waals surface area (Å²) >= 11 is 0. The molecule has 2 aliphatic rings. The highest BCUT2D eigenvalue weighted by Gasteiger charge is 2.56. The van der Waals surface area contributed by atoms with Crippen LogP contribution in [0.4, 0.5) is 29.5 Å². The third-order valence-electron chi connectivity index (χ3n) is 15.7. The Morgan fingerprint density at radius 2 is 1.06 bits per heavy atom. The third-order valence-corrected chi connectivity index (χ3v) is 19.0. The Morgan fingerprint density at radius 3 is 1.48 bits per heavy atom. The molecule has 8 aromatic rings. The molecule has 0 saturated carbocycles. The van der Waals surface area contributed by atoms with Crippen LogP contribution >= 0.6 is 15.5 Å². The SMILES string of the molecule is C=CCCOc1nc(N)nc2c1ncn2C1OC(COP(=O)(N[C@@H](C)C(=O)OCC(F)(F)C=C)Oc2cccc3ccccc23)[C@@H](O)[C@@]1(C)O.C=CCCOc1nc(NC)nc2c1ncn2C1OC(COP(=O)(N[C@@H](C)C(=O)OCC(F)(F)C=C)Oc2cccc3ccccc23)[C@@H](O)[C@@]1(C)O. The zero-order chi connectivity index (χ0) is 73.2. The molecule has 6 unspecified atom stereocenters. The van der Waals surface area contributed by atoms with Gasteiger partial charge in [-0.2, -0.15) is 47.7 Å². The smallest absolute Gasteiger partial charge is 0.459 e. The number of nitrogen functional groups attached to an aromatic ring is 1. The van der Waals surface area contributed by atoms with E-state index >= 15 is 0 Å². The lowest BCUT2D eigenvalue weighted by Gasteiger charge is -2.27. The number of anilines is 2. The molecule has 10 rings (SSSR count). The van der Waals surface area contributed by atoms with Gasteiger partial charge in [0.05, 0.1) is 39.1 Å². The van der Waals surface area contributed by atoms with Gasteiger partial charge in [-0.15, -0.1) is 13.2 Å². The average molecular weight is 1450 g/mol. The molecule has 9 N–H and O–H groups in total. The summed E-state index contributed by atoms with van der Waals surface area (Å²) in [5, 5.41) is 55.7. The quantitative estimate of drug-likeness (QED) is 0.00627. The second kappa shape index (κ2) is 31.9. The standard InChI is InChI=1S/C33H39F2N6O9P.C32H37F2N6O9P/c1-6-8-16-46-28-25-27(38-31(36-5)39-28)41(19-37-25)30-32(4,44)26(42)24(49-30)17-48-51(45,40-20(3)29(43)47-18-33(34,35)7-2)50-23-15-11-13-21-12-9-10-14-22(21)23;1-5-7-15-45-27-24-26(37-30(35)38-27)40(18-36-24)29-31(4,43)25(41)23(48-29)16-47-50(44,39-19(3)28(42)46-17-32(33,34)6-2)49-22-14-10-12-20-11-8-9-13-21(20)22/h6-7,9-15,19-20,24,26,30,42,44H,1-2,8,16-18H2,3-5H3,(H,40,45)(H,36,38,39);5-6,8-14,18-19,23,25,29,41,43H,1-2,7,15-17H2,3-4H3,(H,39,44)(H2,35,37,38)/t20-,24?,26+,30?,32+,51?;19-,23?,25+,29?,31+,50?/m00/s1. The zero-order valence-corrected chi connectivity index (χ0v) is 57.0. The van der Waals surface area contributed by atoms with E-state index in [1.54, 1.807) is 92.0 Å². The second-order valence-corrected chi connectivity index (χ2v) is 26.8. The second-order valence-electron chi connectivity index (χ2n) is 23.5. The number of rotatable bonds is 33. The molecule has 2 aliphatic heterocycles. The molecule has 30 nitrogen and oxygen atoms in total. The predicted molar refractivity (Wildman–Crippen MR) is 360 cm³/mol. The van der Waals surface area contributed by atoms with Gasteiger partial charge < -0.3 is 68.9 Å². The van der Waals surface area contributed by atoms with Crippen molar-refractivity contribution in [2.45, 2.75) is 113 Å². The first-order valence-electron chi connectivity index (χ1n) is 31.2. The molecule has 0 aliphatic carbocycles. The topological polar surface area (TPSA) is 391 Å². The molecule has 6 heterocycles. The van der Waals surface area contributed by atoms with Crippen molar-refractivity contribution in [3.63, 3.8) is 0 Å². The molecular formula is C65H76F4N12O18P2. The Balaban J connectivity index is 0.000000235. The number of alkyl halides is 4. The maximum Gasteiger partial charge on any atom is 0.459 e. The van der Waals surface area contributed by atoms with Crippen molar-refractivity contribution in [1.82, 2.24) is 49.2 Å². The fraction of sp³-hybridized carbons (Fsp3) is 0.385. The first kappa shape index (κ1) is 76.2. The molecule has 0 spiro atoms. The van der Waals surface area contributed by atoms with Crippen LogP contribution in [-0.2, 0) is 46.7 Å². The number of nitrogens with two attached hydrogens (primary N) is 1. The van der Waals surface area contributed by atoms with Crippen LogP contribution in [0.15, 0.2) is 148 Å². The number of carbonyl (C=O) groups is 2. The van der Waals surface area contributed by atoms with E-state index in [9.17, 15) is 56.7 Å². The number of fused-ring (bicyclic) bond motifs is 4. The lowest BCUT2D eigenvalue weighted by Crippen LogP contribution is -2.44. The predicted octanol–water partition coefficient (Wildman–Crippen LogP) is 8.60. The number of hydrogen-bond donors (Lipinski definition) is 8. The summed E-state index contributed by atoms with van der Waals surface area (Å²) in [6.45, 7) is 15.0. The van der Waals surface area contributed by atoms with Crippen molar-refractivity contribution < 1.29 is 103 Å². The van der Waals surface area contributed by atoms with Gasteiger partial charge in [0.1, 0.15) is 59.2 Å². The normalized spacial score (nSPS) is 22.4. The number of hydrogen-bond acceptors (Lipinski definition) is 26. The number of aliphatic hydroxyl groups is 4. The van der Waals surface area contributed by atoms with E-state index in [0.29, 0.717) is 35.8 Å². The highest BCUT2D eigenvalue weighted by Crippen LogP contribution is 2.51. The number of aliphatic hydroxyl groups excluding tert-OH is 2. The van der Waals surface area contributed by atoms with E-state index in [2.05, 4.69) is 76.4 Å². The molecule has 0 radical (unpaired) electrons. The average Bonchev–Trinajstić information content (AvgIpc) is 1.61. The fourth-order valence-corrected chi connectivity index (χ4v) is 13.3. The van der Waals surface area contributed by atoms with Gasteiger partial charge in [-0.1, -0.05) is 98.1 Å². The van der Waals surface area contributed by atoms with Crippen LogP contribution < -0.4 is 39.7 Å². The number of nitrogens with zero attached hydrogens (tertiary/aromatic N) is 8. The summed E-state index contributed by atoms with van der Waals surface area (Å²) in [4.78, 5) is 51.0. The molecule has 4 aromatic heterocycles. The van der Waals surface area contributed by atoms with Crippen LogP contribution in [-0.4, -0.2) is 178 Å². The van der Waals surface area contributed by atoms with Gasteiger partial charge in [-0.3, -0.25) is 27.8 Å². The number of halogens is 4. The Labute approximate surface area is 575 Å². The summed E-state index contributed by atoms with van der Waals surface area (Å²) in [6, 6.07) is 21.0. The zero-order valence-electron chi connectivity index (χ0n) is 55.2. The van der Waals surface area contributed by atoms with Crippen molar-refractivity contribution >= 4 is 83.2 Å². The largest absolute Gasteiger partial charge is 0.476 e. The van der Waals surface area contributed by atoms with Crippen LogP contribution in [0.5, 0.6) is 23.3 Å². The number of aromatic nitrogens is 8. The Hall–Kier alpha value is -9.02. The summed E-state index contributed by atoms with van der Waals surface area (Å²) in [5.74, 6) is -8.83. The Morgan fingerprint density at radius 1 is 0.653 bits per heavy atom. The van der Waals surface area contributed by atoms with Crippen LogP contribution in [0.3, 0.4) is 0 Å². The van der Waals surface area contributed by atoms with Gasteiger partial charge in [-0.25, -0.2) is 19.1 Å². The lowest BCUT2D eigenvalue weighted by atomic mass is 9.96. The van der Waals surface area contributed by atoms with Crippen molar-refractivity contribution in [2.75, 3.05) is 57.7 Å². The van der Waals surface area contributed by atoms with Crippen LogP contribution in [0.2, 0.25) is 0 Å². The third kappa shape index (κ3) is 17.8. The van der Waals surface area contributed by atoms with E-state index in [1.165, 1.54) is 61.6 Å². The summed E-state index contributed by atoms with van der Waals surface area (Å²) < 4.78 is 142. The number of nitrogens with one attached hydrogen (secondary N) is 3. The van der Waals surface area contributed by atoms with E-state index in [-0.39, 0.29) is 70.7 Å². The van der Waals surface area contributed by atoms with Crippen molar-refractivity contribution in [3.05, 3.63) is 148 Å². The number of imidazole rings is 2. The van der Waals surface area contributed by atoms with Crippen molar-refractivity contribution in [3.8, 4) is 23.3 Å². The van der Waals surface area contributed by atoms with Crippen LogP contribution in [0, 0.1) is 0 Å². The highest BCUT2D eigenvalue weighted by molar-refractivity contribution is 7.52.